The second kappa shape index (κ2) is 5.22. The second-order valence-electron chi connectivity index (χ2n) is 5.76. The first kappa shape index (κ1) is 14.2. The first-order valence-corrected chi connectivity index (χ1v) is 7.34. The average molecular weight is 310 g/mol. The molecule has 1 saturated carbocycles. The summed E-state index contributed by atoms with van der Waals surface area (Å²) in [4.78, 5) is 23.3. The Labute approximate surface area is 127 Å². The maximum Gasteiger partial charge on any atom is 0.305 e. The van der Waals surface area contributed by atoms with Crippen molar-refractivity contribution >= 4 is 23.5 Å². The van der Waals surface area contributed by atoms with E-state index in [1.54, 1.807) is 18.2 Å². The Balaban J connectivity index is 1.66. The Kier molecular flexibility index (Phi) is 3.53. The van der Waals surface area contributed by atoms with E-state index in [0.29, 0.717) is 30.0 Å². The standard InChI is InChI=1S/C15H16ClNO4/c16-10-2-3-11-9(6-10)7-12(21-11)14(20)17-15(4-1-5-15)8-13(18)19/h2-3,6,12H,1,4-5,7-8H2,(H,17,20)(H,18,19). The minimum atomic E-state index is -0.891. The molecule has 0 bridgehead atoms. The molecule has 2 aliphatic rings. The summed E-state index contributed by atoms with van der Waals surface area (Å²) >= 11 is 5.92. The van der Waals surface area contributed by atoms with Gasteiger partial charge in [0.15, 0.2) is 6.10 Å². The predicted molar refractivity (Wildman–Crippen MR) is 76.5 cm³/mol. The zero-order valence-electron chi connectivity index (χ0n) is 11.4. The SMILES string of the molecule is O=C(O)CC1(NC(=O)C2Cc3cc(Cl)ccc3O2)CCC1. The number of carbonyl (C=O) groups is 2. The molecule has 1 aromatic carbocycles. The van der Waals surface area contributed by atoms with Crippen molar-refractivity contribution in [1.29, 1.82) is 0 Å². The first-order valence-electron chi connectivity index (χ1n) is 6.96. The van der Waals surface area contributed by atoms with Gasteiger partial charge in [-0.3, -0.25) is 9.59 Å². The van der Waals surface area contributed by atoms with E-state index in [4.69, 9.17) is 21.4 Å². The lowest BCUT2D eigenvalue weighted by atomic mass is 9.74. The van der Waals surface area contributed by atoms with E-state index in [0.717, 1.165) is 12.0 Å². The number of rotatable bonds is 4. The lowest BCUT2D eigenvalue weighted by Gasteiger charge is -2.41. The van der Waals surface area contributed by atoms with E-state index in [1.165, 1.54) is 0 Å². The third kappa shape index (κ3) is 2.83. The van der Waals surface area contributed by atoms with E-state index < -0.39 is 17.6 Å². The molecule has 1 unspecified atom stereocenters. The van der Waals surface area contributed by atoms with Gasteiger partial charge < -0.3 is 15.2 Å². The Morgan fingerprint density at radius 1 is 1.43 bits per heavy atom. The van der Waals surface area contributed by atoms with Gasteiger partial charge in [-0.25, -0.2) is 0 Å². The number of ether oxygens (including phenoxy) is 1. The van der Waals surface area contributed by atoms with Crippen LogP contribution in [0.25, 0.3) is 0 Å². The number of hydrogen-bond donors (Lipinski definition) is 2. The number of fused-ring (bicyclic) bond motifs is 1. The fraction of sp³-hybridized carbons (Fsp3) is 0.467. The summed E-state index contributed by atoms with van der Waals surface area (Å²) in [6.45, 7) is 0. The molecule has 2 N–H and O–H groups in total. The van der Waals surface area contributed by atoms with E-state index >= 15 is 0 Å². The number of carbonyl (C=O) groups excluding carboxylic acids is 1. The highest BCUT2D eigenvalue weighted by molar-refractivity contribution is 6.30. The van der Waals surface area contributed by atoms with Crippen LogP contribution < -0.4 is 10.1 Å². The Hall–Kier alpha value is -1.75. The molecule has 21 heavy (non-hydrogen) atoms. The van der Waals surface area contributed by atoms with Gasteiger partial charge in [-0.1, -0.05) is 11.6 Å². The Morgan fingerprint density at radius 3 is 2.81 bits per heavy atom. The van der Waals surface area contributed by atoms with Gasteiger partial charge in [-0.05, 0) is 43.0 Å². The molecule has 1 fully saturated rings. The average Bonchev–Trinajstić information content (AvgIpc) is 2.78. The molecule has 1 atom stereocenters. The lowest BCUT2D eigenvalue weighted by Crippen LogP contribution is -2.57. The van der Waals surface area contributed by atoms with Crippen LogP contribution in [0.3, 0.4) is 0 Å². The van der Waals surface area contributed by atoms with E-state index in [-0.39, 0.29) is 12.3 Å². The van der Waals surface area contributed by atoms with Crippen molar-refractivity contribution in [2.45, 2.75) is 43.7 Å². The van der Waals surface area contributed by atoms with Gasteiger partial charge in [0.2, 0.25) is 0 Å². The van der Waals surface area contributed by atoms with Gasteiger partial charge in [0, 0.05) is 11.4 Å². The van der Waals surface area contributed by atoms with Crippen LogP contribution in [0.15, 0.2) is 18.2 Å². The molecule has 0 radical (unpaired) electrons. The summed E-state index contributed by atoms with van der Waals surface area (Å²) in [6.07, 6.45) is 2.17. The summed E-state index contributed by atoms with van der Waals surface area (Å²) in [5.41, 5.74) is 0.308. The van der Waals surface area contributed by atoms with Crippen LogP contribution >= 0.6 is 11.6 Å². The quantitative estimate of drug-likeness (QED) is 0.893. The number of aliphatic carboxylic acids is 1. The van der Waals surface area contributed by atoms with Crippen LogP contribution in [-0.2, 0) is 16.0 Å². The number of hydrogen-bond acceptors (Lipinski definition) is 3. The summed E-state index contributed by atoms with van der Waals surface area (Å²) in [6, 6.07) is 5.26. The van der Waals surface area contributed by atoms with Gasteiger partial charge in [0.05, 0.1) is 12.0 Å². The molecular weight excluding hydrogens is 294 g/mol. The van der Waals surface area contributed by atoms with Crippen molar-refractivity contribution in [3.63, 3.8) is 0 Å². The summed E-state index contributed by atoms with van der Waals surface area (Å²) in [7, 11) is 0. The van der Waals surface area contributed by atoms with Crippen molar-refractivity contribution in [1.82, 2.24) is 5.32 Å². The summed E-state index contributed by atoms with van der Waals surface area (Å²) in [5.74, 6) is -0.471. The van der Waals surface area contributed by atoms with Gasteiger partial charge in [-0.15, -0.1) is 0 Å². The minimum absolute atomic E-state index is 0.0375. The maximum atomic E-state index is 12.3. The van der Waals surface area contributed by atoms with Crippen LogP contribution in [-0.4, -0.2) is 28.6 Å². The number of benzene rings is 1. The van der Waals surface area contributed by atoms with Crippen LogP contribution in [0.4, 0.5) is 0 Å². The van der Waals surface area contributed by atoms with Gasteiger partial charge in [0.25, 0.3) is 5.91 Å². The molecule has 1 aliphatic carbocycles. The fourth-order valence-electron chi connectivity index (χ4n) is 2.94. The highest BCUT2D eigenvalue weighted by Gasteiger charge is 2.42. The molecule has 1 heterocycles. The lowest BCUT2D eigenvalue weighted by molar-refractivity contribution is -0.141. The molecule has 1 aromatic rings. The highest BCUT2D eigenvalue weighted by Crippen LogP contribution is 2.36. The van der Waals surface area contributed by atoms with Crippen molar-refractivity contribution < 1.29 is 19.4 Å². The third-order valence-corrected chi connectivity index (χ3v) is 4.41. The topological polar surface area (TPSA) is 75.6 Å². The predicted octanol–water partition coefficient (Wildman–Crippen LogP) is 2.16. The summed E-state index contributed by atoms with van der Waals surface area (Å²) in [5, 5.41) is 12.5. The van der Waals surface area contributed by atoms with Gasteiger partial charge >= 0.3 is 5.97 Å². The van der Waals surface area contributed by atoms with Crippen molar-refractivity contribution in [2.75, 3.05) is 0 Å². The maximum absolute atomic E-state index is 12.3. The number of carboxylic acids is 1. The van der Waals surface area contributed by atoms with Crippen LogP contribution in [0.1, 0.15) is 31.2 Å². The monoisotopic (exact) mass is 309 g/mol. The molecule has 5 nitrogen and oxygen atoms in total. The number of amides is 1. The van der Waals surface area contributed by atoms with Crippen molar-refractivity contribution in [2.24, 2.45) is 0 Å². The van der Waals surface area contributed by atoms with Gasteiger partial charge in [-0.2, -0.15) is 0 Å². The van der Waals surface area contributed by atoms with E-state index in [1.807, 2.05) is 0 Å². The Bertz CT molecular complexity index is 597. The van der Waals surface area contributed by atoms with Gasteiger partial charge in [0.1, 0.15) is 5.75 Å². The largest absolute Gasteiger partial charge is 0.481 e. The Morgan fingerprint density at radius 2 is 2.19 bits per heavy atom. The van der Waals surface area contributed by atoms with Crippen LogP contribution in [0, 0.1) is 0 Å². The molecule has 1 aliphatic heterocycles. The van der Waals surface area contributed by atoms with Crippen molar-refractivity contribution in [3.05, 3.63) is 28.8 Å². The van der Waals surface area contributed by atoms with Crippen molar-refractivity contribution in [3.8, 4) is 5.75 Å². The third-order valence-electron chi connectivity index (χ3n) is 4.18. The molecular formula is C15H16ClNO4. The molecule has 1 amide bonds. The molecule has 0 aromatic heterocycles. The smallest absolute Gasteiger partial charge is 0.305 e. The summed E-state index contributed by atoms with van der Waals surface area (Å²) < 4.78 is 5.63. The molecule has 3 rings (SSSR count). The second-order valence-corrected chi connectivity index (χ2v) is 6.19. The molecule has 6 heteroatoms. The fourth-order valence-corrected chi connectivity index (χ4v) is 3.14. The molecule has 0 spiro atoms. The number of halogens is 1. The normalized spacial score (nSPS) is 21.9. The molecule has 0 saturated heterocycles. The molecule has 112 valence electrons. The number of nitrogens with one attached hydrogen (secondary N) is 1. The minimum Gasteiger partial charge on any atom is -0.481 e. The number of carboxylic acid groups (broad SMARTS) is 1. The van der Waals surface area contributed by atoms with E-state index in [9.17, 15) is 9.59 Å². The zero-order chi connectivity index (χ0) is 15.0. The first-order chi connectivity index (χ1) is 9.97. The zero-order valence-corrected chi connectivity index (χ0v) is 12.2. The van der Waals surface area contributed by atoms with Crippen LogP contribution in [0.2, 0.25) is 5.02 Å². The van der Waals surface area contributed by atoms with Crippen LogP contribution in [0.5, 0.6) is 5.75 Å². The highest BCUT2D eigenvalue weighted by atomic mass is 35.5. The van der Waals surface area contributed by atoms with E-state index in [2.05, 4.69) is 5.32 Å².